The van der Waals surface area contributed by atoms with Gasteiger partial charge >= 0.3 is 0 Å². The van der Waals surface area contributed by atoms with Crippen molar-refractivity contribution in [2.45, 2.75) is 31.8 Å². The Bertz CT molecular complexity index is 825. The molecule has 2 aromatic rings. The summed E-state index contributed by atoms with van der Waals surface area (Å²) in [6.45, 7) is 5.48. The predicted octanol–water partition coefficient (Wildman–Crippen LogP) is 2.36. The maximum absolute atomic E-state index is 12.2. The van der Waals surface area contributed by atoms with Gasteiger partial charge < -0.3 is 10.1 Å². The average Bonchev–Trinajstić information content (AvgIpc) is 2.50. The molecule has 0 aliphatic carbocycles. The van der Waals surface area contributed by atoms with E-state index in [2.05, 4.69) is 5.32 Å². The molecule has 7 heteroatoms. The van der Waals surface area contributed by atoms with Crippen LogP contribution in [0.5, 0.6) is 5.75 Å². The Morgan fingerprint density at radius 1 is 1.08 bits per heavy atom. The molecule has 0 spiro atoms. The zero-order valence-electron chi connectivity index (χ0n) is 13.7. The summed E-state index contributed by atoms with van der Waals surface area (Å²) in [4.78, 5) is 12.2. The smallest absolute Gasteiger partial charge is 0.265 e. The molecular formula is C17H20N2O4S. The topological polar surface area (TPSA) is 98.5 Å². The summed E-state index contributed by atoms with van der Waals surface area (Å²) < 4.78 is 28.2. The van der Waals surface area contributed by atoms with E-state index in [0.29, 0.717) is 11.4 Å². The fourth-order valence-corrected chi connectivity index (χ4v) is 2.70. The van der Waals surface area contributed by atoms with Crippen molar-refractivity contribution in [3.63, 3.8) is 0 Å². The highest BCUT2D eigenvalue weighted by molar-refractivity contribution is 7.89. The molecule has 2 aromatic carbocycles. The molecule has 0 saturated heterocycles. The number of benzene rings is 2. The first-order chi connectivity index (χ1) is 11.2. The molecule has 1 atom stereocenters. The zero-order chi connectivity index (χ0) is 17.9. The lowest BCUT2D eigenvalue weighted by Gasteiger charge is -2.18. The number of hydrogen-bond acceptors (Lipinski definition) is 4. The molecule has 3 N–H and O–H groups in total. The van der Waals surface area contributed by atoms with Crippen LogP contribution in [-0.2, 0) is 14.8 Å². The zero-order valence-corrected chi connectivity index (χ0v) is 14.6. The second-order valence-electron chi connectivity index (χ2n) is 5.54. The van der Waals surface area contributed by atoms with Gasteiger partial charge in [-0.3, -0.25) is 4.79 Å². The monoisotopic (exact) mass is 348 g/mol. The van der Waals surface area contributed by atoms with Crippen LogP contribution in [0, 0.1) is 13.8 Å². The molecule has 24 heavy (non-hydrogen) atoms. The summed E-state index contributed by atoms with van der Waals surface area (Å²) in [5, 5.41) is 7.72. The molecular weight excluding hydrogens is 328 g/mol. The molecule has 0 aliphatic rings. The fourth-order valence-electron chi connectivity index (χ4n) is 2.19. The Balaban J connectivity index is 2.06. The van der Waals surface area contributed by atoms with E-state index in [1.165, 1.54) is 24.3 Å². The van der Waals surface area contributed by atoms with Gasteiger partial charge in [-0.05, 0) is 56.2 Å². The molecule has 1 amide bonds. The normalized spacial score (nSPS) is 12.5. The Labute approximate surface area is 141 Å². The molecule has 0 heterocycles. The van der Waals surface area contributed by atoms with Crippen LogP contribution in [0.3, 0.4) is 0 Å². The van der Waals surface area contributed by atoms with Crippen molar-refractivity contribution in [2.75, 3.05) is 5.32 Å². The van der Waals surface area contributed by atoms with Crippen molar-refractivity contribution in [1.29, 1.82) is 0 Å². The predicted molar refractivity (Wildman–Crippen MR) is 92.5 cm³/mol. The minimum atomic E-state index is -3.75. The van der Waals surface area contributed by atoms with Crippen molar-refractivity contribution >= 4 is 21.6 Å². The second kappa shape index (κ2) is 7.02. The minimum absolute atomic E-state index is 0.0136. The third-order valence-corrected chi connectivity index (χ3v) is 4.45. The molecule has 0 fully saturated rings. The van der Waals surface area contributed by atoms with E-state index in [-0.39, 0.29) is 10.8 Å². The summed E-state index contributed by atoms with van der Waals surface area (Å²) in [5.41, 5.74) is 2.36. The van der Waals surface area contributed by atoms with Gasteiger partial charge in [-0.25, -0.2) is 13.6 Å². The molecule has 0 radical (unpaired) electrons. The summed E-state index contributed by atoms with van der Waals surface area (Å²) >= 11 is 0. The first kappa shape index (κ1) is 18.0. The van der Waals surface area contributed by atoms with Gasteiger partial charge in [-0.1, -0.05) is 18.2 Å². The van der Waals surface area contributed by atoms with Crippen LogP contribution < -0.4 is 15.2 Å². The van der Waals surface area contributed by atoms with E-state index in [1.54, 1.807) is 6.92 Å². The number of nitrogens with two attached hydrogens (primary N) is 1. The number of nitrogens with one attached hydrogen (secondary N) is 1. The number of anilines is 1. The van der Waals surface area contributed by atoms with E-state index < -0.39 is 16.1 Å². The van der Waals surface area contributed by atoms with Crippen LogP contribution in [0.2, 0.25) is 0 Å². The number of para-hydroxylation sites is 1. The van der Waals surface area contributed by atoms with Crippen LogP contribution in [-0.4, -0.2) is 20.4 Å². The van der Waals surface area contributed by atoms with E-state index >= 15 is 0 Å². The number of carbonyl (C=O) groups is 1. The molecule has 0 saturated carbocycles. The van der Waals surface area contributed by atoms with Crippen LogP contribution in [0.1, 0.15) is 18.1 Å². The molecule has 0 bridgehead atoms. The minimum Gasteiger partial charge on any atom is -0.480 e. The molecule has 0 unspecified atom stereocenters. The van der Waals surface area contributed by atoms with Crippen molar-refractivity contribution in [3.05, 3.63) is 53.6 Å². The second-order valence-corrected chi connectivity index (χ2v) is 7.10. The van der Waals surface area contributed by atoms with Crippen LogP contribution >= 0.6 is 0 Å². The van der Waals surface area contributed by atoms with Gasteiger partial charge in [-0.2, -0.15) is 0 Å². The van der Waals surface area contributed by atoms with E-state index in [9.17, 15) is 13.2 Å². The fraction of sp³-hybridized carbons (Fsp3) is 0.235. The number of rotatable bonds is 5. The maximum atomic E-state index is 12.2. The van der Waals surface area contributed by atoms with E-state index in [0.717, 1.165) is 11.1 Å². The number of amides is 1. The first-order valence-electron chi connectivity index (χ1n) is 7.35. The third kappa shape index (κ3) is 4.33. The lowest BCUT2D eigenvalue weighted by Crippen LogP contribution is -2.30. The lowest BCUT2D eigenvalue weighted by molar-refractivity contribution is -0.122. The number of sulfonamides is 1. The van der Waals surface area contributed by atoms with Gasteiger partial charge in [0.25, 0.3) is 5.91 Å². The quantitative estimate of drug-likeness (QED) is 0.866. The van der Waals surface area contributed by atoms with E-state index in [4.69, 9.17) is 9.88 Å². The highest BCUT2D eigenvalue weighted by Crippen LogP contribution is 2.24. The van der Waals surface area contributed by atoms with Crippen molar-refractivity contribution in [3.8, 4) is 5.75 Å². The van der Waals surface area contributed by atoms with Gasteiger partial charge in [-0.15, -0.1) is 0 Å². The number of carbonyl (C=O) groups excluding carboxylic acids is 1. The average molecular weight is 348 g/mol. The van der Waals surface area contributed by atoms with Crippen molar-refractivity contribution in [2.24, 2.45) is 5.14 Å². The van der Waals surface area contributed by atoms with Gasteiger partial charge in [0.1, 0.15) is 5.75 Å². The number of hydrogen-bond donors (Lipinski definition) is 2. The van der Waals surface area contributed by atoms with Gasteiger partial charge in [0.2, 0.25) is 10.0 Å². The summed E-state index contributed by atoms with van der Waals surface area (Å²) in [6.07, 6.45) is -0.706. The Morgan fingerprint density at radius 2 is 1.62 bits per heavy atom. The first-order valence-corrected chi connectivity index (χ1v) is 8.89. The Morgan fingerprint density at radius 3 is 2.12 bits per heavy atom. The number of primary sulfonamides is 1. The van der Waals surface area contributed by atoms with Gasteiger partial charge in [0.05, 0.1) is 4.90 Å². The highest BCUT2D eigenvalue weighted by atomic mass is 32.2. The SMILES string of the molecule is Cc1cccc(C)c1O[C@@H](C)C(=O)Nc1ccc(S(N)(=O)=O)cc1. The summed E-state index contributed by atoms with van der Waals surface area (Å²) in [7, 11) is -3.75. The summed E-state index contributed by atoms with van der Waals surface area (Å²) in [5.74, 6) is 0.353. The molecule has 0 aliphatic heterocycles. The standard InChI is InChI=1S/C17H20N2O4S/c1-11-5-4-6-12(2)16(11)23-13(3)17(20)19-14-7-9-15(10-8-14)24(18,21)22/h4-10,13H,1-3H3,(H,19,20)(H2,18,21,22)/t13-/m0/s1. The van der Waals surface area contributed by atoms with Crippen LogP contribution in [0.15, 0.2) is 47.4 Å². The summed E-state index contributed by atoms with van der Waals surface area (Å²) in [6, 6.07) is 11.4. The molecule has 128 valence electrons. The Kier molecular flexibility index (Phi) is 5.26. The Hall–Kier alpha value is -2.38. The van der Waals surface area contributed by atoms with Crippen molar-refractivity contribution < 1.29 is 17.9 Å². The largest absolute Gasteiger partial charge is 0.480 e. The van der Waals surface area contributed by atoms with Crippen molar-refractivity contribution in [1.82, 2.24) is 0 Å². The third-order valence-electron chi connectivity index (χ3n) is 3.52. The molecule has 6 nitrogen and oxygen atoms in total. The maximum Gasteiger partial charge on any atom is 0.265 e. The van der Waals surface area contributed by atoms with Crippen LogP contribution in [0.25, 0.3) is 0 Å². The molecule has 2 rings (SSSR count). The highest BCUT2D eigenvalue weighted by Gasteiger charge is 2.17. The lowest BCUT2D eigenvalue weighted by atomic mass is 10.1. The number of aryl methyl sites for hydroxylation is 2. The number of ether oxygens (including phenoxy) is 1. The van der Waals surface area contributed by atoms with Gasteiger partial charge in [0, 0.05) is 5.69 Å². The van der Waals surface area contributed by atoms with E-state index in [1.807, 2.05) is 32.0 Å². The molecule has 0 aromatic heterocycles. The van der Waals surface area contributed by atoms with Gasteiger partial charge in [0.15, 0.2) is 6.10 Å². The van der Waals surface area contributed by atoms with Crippen LogP contribution in [0.4, 0.5) is 5.69 Å².